The third kappa shape index (κ3) is 4.90. The molecule has 9 heteroatoms. The zero-order chi connectivity index (χ0) is 21.7. The molecular formula is C21H18FN5O3. The van der Waals surface area contributed by atoms with Crippen LogP contribution in [0.25, 0.3) is 0 Å². The molecule has 0 atom stereocenters. The maximum atomic E-state index is 14.0. The second kappa shape index (κ2) is 8.74. The topological polar surface area (TPSA) is 139 Å². The molecule has 3 rings (SSSR count). The SMILES string of the molecule is NC(=O)Nc1cccc(C(=O)Nc2cccc(NC(=O)c3cccc(N)c3F)c2)c1. The largest absolute Gasteiger partial charge is 0.396 e. The number of rotatable bonds is 5. The predicted octanol–water partition coefficient (Wildman–Crippen LogP) is 3.40. The lowest BCUT2D eigenvalue weighted by atomic mass is 10.1. The fraction of sp³-hybridized carbons (Fsp3) is 0. The molecule has 0 aromatic heterocycles. The molecule has 7 N–H and O–H groups in total. The Labute approximate surface area is 171 Å². The van der Waals surface area contributed by atoms with Crippen molar-refractivity contribution >= 4 is 40.6 Å². The van der Waals surface area contributed by atoms with Gasteiger partial charge in [0.1, 0.15) is 0 Å². The van der Waals surface area contributed by atoms with Crippen molar-refractivity contribution in [3.8, 4) is 0 Å². The minimum atomic E-state index is -0.802. The lowest BCUT2D eigenvalue weighted by Gasteiger charge is -2.10. The Balaban J connectivity index is 1.72. The van der Waals surface area contributed by atoms with Crippen LogP contribution in [-0.4, -0.2) is 17.8 Å². The molecule has 0 aliphatic carbocycles. The van der Waals surface area contributed by atoms with Crippen LogP contribution in [0.4, 0.5) is 31.9 Å². The summed E-state index contributed by atoms with van der Waals surface area (Å²) in [5, 5.41) is 7.64. The van der Waals surface area contributed by atoms with Gasteiger partial charge in [-0.15, -0.1) is 0 Å². The molecule has 3 aromatic carbocycles. The number of amides is 4. The summed E-state index contributed by atoms with van der Waals surface area (Å²) in [6.07, 6.45) is 0. The summed E-state index contributed by atoms with van der Waals surface area (Å²) >= 11 is 0. The normalized spacial score (nSPS) is 10.2. The number of carbonyl (C=O) groups excluding carboxylic acids is 3. The minimum absolute atomic E-state index is 0.128. The molecule has 30 heavy (non-hydrogen) atoms. The van der Waals surface area contributed by atoms with Gasteiger partial charge in [-0.05, 0) is 48.5 Å². The van der Waals surface area contributed by atoms with Crippen LogP contribution in [-0.2, 0) is 0 Å². The maximum absolute atomic E-state index is 14.0. The van der Waals surface area contributed by atoms with E-state index in [-0.39, 0.29) is 16.8 Å². The highest BCUT2D eigenvalue weighted by Gasteiger charge is 2.14. The zero-order valence-corrected chi connectivity index (χ0v) is 15.6. The van der Waals surface area contributed by atoms with Crippen molar-refractivity contribution in [2.75, 3.05) is 21.7 Å². The summed E-state index contributed by atoms with van der Waals surface area (Å²) in [5.41, 5.74) is 11.7. The molecule has 0 radical (unpaired) electrons. The Bertz CT molecular complexity index is 1130. The number of primary amides is 1. The summed E-state index contributed by atoms with van der Waals surface area (Å²) in [6, 6.07) is 16.0. The van der Waals surface area contributed by atoms with Crippen LogP contribution in [0.1, 0.15) is 20.7 Å². The number of nitrogens with two attached hydrogens (primary N) is 2. The van der Waals surface area contributed by atoms with Gasteiger partial charge in [-0.25, -0.2) is 9.18 Å². The van der Waals surface area contributed by atoms with Gasteiger partial charge in [-0.3, -0.25) is 9.59 Å². The quantitative estimate of drug-likeness (QED) is 0.414. The van der Waals surface area contributed by atoms with E-state index in [1.807, 2.05) is 0 Å². The summed E-state index contributed by atoms with van der Waals surface area (Å²) in [6.45, 7) is 0. The van der Waals surface area contributed by atoms with E-state index < -0.39 is 23.7 Å². The minimum Gasteiger partial charge on any atom is -0.396 e. The van der Waals surface area contributed by atoms with Crippen LogP contribution >= 0.6 is 0 Å². The van der Waals surface area contributed by atoms with Crippen LogP contribution in [0.3, 0.4) is 0 Å². The number of anilines is 4. The Kier molecular flexibility index (Phi) is 5.92. The number of nitrogen functional groups attached to an aromatic ring is 1. The van der Waals surface area contributed by atoms with Crippen LogP contribution < -0.4 is 27.4 Å². The van der Waals surface area contributed by atoms with Gasteiger partial charge in [-0.1, -0.05) is 18.2 Å². The zero-order valence-electron chi connectivity index (χ0n) is 15.6. The summed E-state index contributed by atoms with van der Waals surface area (Å²) < 4.78 is 14.0. The first kappa shape index (κ1) is 20.3. The third-order valence-corrected chi connectivity index (χ3v) is 4.04. The number of halogens is 1. The molecule has 0 saturated carbocycles. The van der Waals surface area contributed by atoms with Crippen molar-refractivity contribution in [1.29, 1.82) is 0 Å². The van der Waals surface area contributed by atoms with E-state index in [0.717, 1.165) is 0 Å². The molecule has 0 unspecified atom stereocenters. The standard InChI is InChI=1S/C21H18FN5O3/c22-18-16(8-3-9-17(18)23)20(29)26-15-7-2-6-14(11-15)25-19(28)12-4-1-5-13(10-12)27-21(24)30/h1-11H,23H2,(H,25,28)(H,26,29)(H3,24,27,30). The second-order valence-electron chi connectivity index (χ2n) is 6.27. The van der Waals surface area contributed by atoms with Crippen molar-refractivity contribution in [2.24, 2.45) is 5.73 Å². The average molecular weight is 407 g/mol. The number of nitrogens with one attached hydrogen (secondary N) is 3. The van der Waals surface area contributed by atoms with Gasteiger partial charge in [0, 0.05) is 22.6 Å². The average Bonchev–Trinajstić information content (AvgIpc) is 2.70. The monoisotopic (exact) mass is 407 g/mol. The summed E-state index contributed by atoms with van der Waals surface area (Å²) in [7, 11) is 0. The predicted molar refractivity (Wildman–Crippen MR) is 113 cm³/mol. The number of benzene rings is 3. The van der Waals surface area contributed by atoms with Crippen molar-refractivity contribution in [1.82, 2.24) is 0 Å². The second-order valence-corrected chi connectivity index (χ2v) is 6.27. The Morgan fingerprint density at radius 2 is 1.30 bits per heavy atom. The van der Waals surface area contributed by atoms with Gasteiger partial charge in [-0.2, -0.15) is 0 Å². The van der Waals surface area contributed by atoms with Crippen molar-refractivity contribution in [3.63, 3.8) is 0 Å². The molecule has 4 amide bonds. The molecule has 3 aromatic rings. The van der Waals surface area contributed by atoms with E-state index >= 15 is 0 Å². The first-order chi connectivity index (χ1) is 14.3. The smallest absolute Gasteiger partial charge is 0.316 e. The van der Waals surface area contributed by atoms with E-state index in [2.05, 4.69) is 16.0 Å². The van der Waals surface area contributed by atoms with Gasteiger partial charge >= 0.3 is 6.03 Å². The molecule has 8 nitrogen and oxygen atoms in total. The van der Waals surface area contributed by atoms with Crippen LogP contribution in [0.5, 0.6) is 0 Å². The highest BCUT2D eigenvalue weighted by Crippen LogP contribution is 2.20. The molecule has 0 heterocycles. The highest BCUT2D eigenvalue weighted by molar-refractivity contribution is 6.07. The maximum Gasteiger partial charge on any atom is 0.316 e. The number of hydrogen-bond donors (Lipinski definition) is 5. The number of urea groups is 1. The molecule has 152 valence electrons. The molecule has 0 bridgehead atoms. The van der Waals surface area contributed by atoms with Gasteiger partial charge < -0.3 is 27.4 Å². The number of hydrogen-bond acceptors (Lipinski definition) is 4. The van der Waals surface area contributed by atoms with Crippen LogP contribution in [0, 0.1) is 5.82 Å². The Morgan fingerprint density at radius 3 is 1.97 bits per heavy atom. The van der Waals surface area contributed by atoms with E-state index in [1.54, 1.807) is 36.4 Å². The van der Waals surface area contributed by atoms with Crippen LogP contribution in [0.15, 0.2) is 66.7 Å². The molecule has 0 aliphatic rings. The number of carbonyl (C=O) groups is 3. The summed E-state index contributed by atoms with van der Waals surface area (Å²) in [5.74, 6) is -1.91. The van der Waals surface area contributed by atoms with E-state index in [4.69, 9.17) is 11.5 Å². The van der Waals surface area contributed by atoms with Crippen molar-refractivity contribution in [2.45, 2.75) is 0 Å². The molecule has 0 aliphatic heterocycles. The van der Waals surface area contributed by atoms with Gasteiger partial charge in [0.25, 0.3) is 11.8 Å². The molecular weight excluding hydrogens is 389 g/mol. The van der Waals surface area contributed by atoms with Crippen LogP contribution in [0.2, 0.25) is 0 Å². The van der Waals surface area contributed by atoms with E-state index in [0.29, 0.717) is 17.1 Å². The fourth-order valence-corrected chi connectivity index (χ4v) is 2.68. The first-order valence-corrected chi connectivity index (χ1v) is 8.77. The first-order valence-electron chi connectivity index (χ1n) is 8.77. The Morgan fingerprint density at radius 1 is 0.733 bits per heavy atom. The fourth-order valence-electron chi connectivity index (χ4n) is 2.68. The van der Waals surface area contributed by atoms with Gasteiger partial charge in [0.15, 0.2) is 5.82 Å². The molecule has 0 fully saturated rings. The lowest BCUT2D eigenvalue weighted by Crippen LogP contribution is -2.20. The molecule has 0 spiro atoms. The molecule has 0 saturated heterocycles. The van der Waals surface area contributed by atoms with Crippen molar-refractivity contribution in [3.05, 3.63) is 83.7 Å². The lowest BCUT2D eigenvalue weighted by molar-refractivity contribution is 0.101. The third-order valence-electron chi connectivity index (χ3n) is 4.04. The highest BCUT2D eigenvalue weighted by atomic mass is 19.1. The van der Waals surface area contributed by atoms with Gasteiger partial charge in [0.2, 0.25) is 0 Å². The summed E-state index contributed by atoms with van der Waals surface area (Å²) in [4.78, 5) is 35.8. The van der Waals surface area contributed by atoms with Crippen molar-refractivity contribution < 1.29 is 18.8 Å². The van der Waals surface area contributed by atoms with E-state index in [9.17, 15) is 18.8 Å². The Hall–Kier alpha value is -4.40. The van der Waals surface area contributed by atoms with E-state index in [1.165, 1.54) is 30.3 Å². The van der Waals surface area contributed by atoms with Gasteiger partial charge in [0.05, 0.1) is 11.3 Å².